The topological polar surface area (TPSA) is 101 Å². The van der Waals surface area contributed by atoms with E-state index in [0.717, 1.165) is 24.8 Å². The normalized spacial score (nSPS) is 44.4. The minimum absolute atomic E-state index is 0.0218. The second-order valence-electron chi connectivity index (χ2n) is 9.78. The van der Waals surface area contributed by atoms with Crippen LogP contribution in [0.3, 0.4) is 0 Å². The van der Waals surface area contributed by atoms with Gasteiger partial charge in [0.05, 0.1) is 6.61 Å². The number of ether oxygens (including phenoxy) is 1. The van der Waals surface area contributed by atoms with Gasteiger partial charge in [-0.2, -0.15) is 0 Å². The van der Waals surface area contributed by atoms with E-state index < -0.39 is 35.1 Å². The summed E-state index contributed by atoms with van der Waals surface area (Å²) in [6, 6.07) is 0. The molecule has 3 fully saturated rings. The van der Waals surface area contributed by atoms with Crippen LogP contribution in [0.25, 0.3) is 0 Å². The molecule has 29 heavy (non-hydrogen) atoms. The van der Waals surface area contributed by atoms with Crippen molar-refractivity contribution in [3.8, 4) is 0 Å². The van der Waals surface area contributed by atoms with Crippen LogP contribution in [-0.4, -0.2) is 46.1 Å². The van der Waals surface area contributed by atoms with E-state index in [1.165, 1.54) is 6.92 Å². The molecular weight excluding hydrogens is 372 g/mol. The van der Waals surface area contributed by atoms with Gasteiger partial charge in [0.1, 0.15) is 11.4 Å². The Labute approximate surface area is 171 Å². The molecule has 0 unspecified atom stereocenters. The molecule has 158 valence electrons. The van der Waals surface area contributed by atoms with Gasteiger partial charge in [0.15, 0.2) is 11.9 Å². The summed E-state index contributed by atoms with van der Waals surface area (Å²) < 4.78 is 5.28. The molecule has 4 rings (SSSR count). The van der Waals surface area contributed by atoms with Gasteiger partial charge in [-0.3, -0.25) is 14.4 Å². The average Bonchev–Trinajstić information content (AvgIpc) is 2.91. The predicted octanol–water partition coefficient (Wildman–Crippen LogP) is 2.13. The number of rotatable bonds is 3. The number of carbonyl (C=O) groups excluding carboxylic acids is 3. The Bertz CT molecular complexity index is 827. The number of Topliss-reactive ketones (excluding diaryl/α,β-unsaturated/α-hetero) is 1. The lowest BCUT2D eigenvalue weighted by Gasteiger charge is -2.57. The van der Waals surface area contributed by atoms with Crippen molar-refractivity contribution in [3.05, 3.63) is 23.8 Å². The second-order valence-corrected chi connectivity index (χ2v) is 9.78. The Kier molecular flexibility index (Phi) is 4.67. The van der Waals surface area contributed by atoms with Crippen molar-refractivity contribution < 1.29 is 29.3 Å². The van der Waals surface area contributed by atoms with Gasteiger partial charge in [-0.1, -0.05) is 25.5 Å². The highest BCUT2D eigenvalue weighted by atomic mass is 16.6. The number of allylic oxidation sites excluding steroid dienone is 4. The highest BCUT2D eigenvalue weighted by molar-refractivity contribution is 6.01. The van der Waals surface area contributed by atoms with Crippen LogP contribution in [0.4, 0.5) is 0 Å². The molecule has 0 spiro atoms. The SMILES string of the molecule is CC(=O)O[C@@H](CO)[C@@]1(O)CC[C@H]2[C@@H]3CCC4=CC(=O)C=C[C@]4(C)[C@H]3C(=O)C[C@@]21C. The lowest BCUT2D eigenvalue weighted by molar-refractivity contribution is -0.201. The number of aliphatic hydroxyl groups is 2. The van der Waals surface area contributed by atoms with Gasteiger partial charge < -0.3 is 14.9 Å². The third-order valence-electron chi connectivity index (χ3n) is 8.48. The Morgan fingerprint density at radius 1 is 1.31 bits per heavy atom. The smallest absolute Gasteiger partial charge is 0.303 e. The highest BCUT2D eigenvalue weighted by Crippen LogP contribution is 2.66. The predicted molar refractivity (Wildman–Crippen MR) is 105 cm³/mol. The first-order chi connectivity index (χ1) is 13.6. The van der Waals surface area contributed by atoms with Gasteiger partial charge in [-0.05, 0) is 49.7 Å². The van der Waals surface area contributed by atoms with Crippen molar-refractivity contribution in [2.45, 2.75) is 64.6 Å². The van der Waals surface area contributed by atoms with E-state index >= 15 is 0 Å². The molecule has 4 aliphatic carbocycles. The van der Waals surface area contributed by atoms with Gasteiger partial charge in [-0.15, -0.1) is 0 Å². The average molecular weight is 402 g/mol. The Morgan fingerprint density at radius 2 is 2.03 bits per heavy atom. The summed E-state index contributed by atoms with van der Waals surface area (Å²) in [4.78, 5) is 36.9. The maximum Gasteiger partial charge on any atom is 0.303 e. The molecule has 0 radical (unpaired) electrons. The van der Waals surface area contributed by atoms with Gasteiger partial charge in [0.2, 0.25) is 0 Å². The van der Waals surface area contributed by atoms with Gasteiger partial charge in [0, 0.05) is 30.1 Å². The fourth-order valence-electron chi connectivity index (χ4n) is 7.08. The second kappa shape index (κ2) is 6.61. The quantitative estimate of drug-likeness (QED) is 0.702. The van der Waals surface area contributed by atoms with Gasteiger partial charge in [0.25, 0.3) is 0 Å². The number of fused-ring (bicyclic) bond motifs is 5. The van der Waals surface area contributed by atoms with Crippen LogP contribution in [0.15, 0.2) is 23.8 Å². The van der Waals surface area contributed by atoms with Crippen LogP contribution in [0.5, 0.6) is 0 Å². The van der Waals surface area contributed by atoms with Gasteiger partial charge in [-0.25, -0.2) is 0 Å². The van der Waals surface area contributed by atoms with Crippen LogP contribution in [0.2, 0.25) is 0 Å². The largest absolute Gasteiger partial charge is 0.457 e. The van der Waals surface area contributed by atoms with Crippen molar-refractivity contribution >= 4 is 17.5 Å². The van der Waals surface area contributed by atoms with Crippen molar-refractivity contribution in [1.82, 2.24) is 0 Å². The van der Waals surface area contributed by atoms with E-state index in [4.69, 9.17) is 4.74 Å². The zero-order chi connectivity index (χ0) is 21.2. The van der Waals surface area contributed by atoms with E-state index in [1.54, 1.807) is 12.2 Å². The van der Waals surface area contributed by atoms with Crippen molar-refractivity contribution in [3.63, 3.8) is 0 Å². The summed E-state index contributed by atoms with van der Waals surface area (Å²) in [5, 5.41) is 21.5. The number of esters is 1. The molecule has 4 aliphatic rings. The molecule has 0 aliphatic heterocycles. The Hall–Kier alpha value is -1.79. The zero-order valence-corrected chi connectivity index (χ0v) is 17.3. The molecule has 6 nitrogen and oxygen atoms in total. The third-order valence-corrected chi connectivity index (χ3v) is 8.48. The summed E-state index contributed by atoms with van der Waals surface area (Å²) in [5.74, 6) is -0.529. The fraction of sp³-hybridized carbons (Fsp3) is 0.696. The molecule has 0 aromatic heterocycles. The van der Waals surface area contributed by atoms with Crippen molar-refractivity contribution in [2.75, 3.05) is 6.61 Å². The molecule has 7 atom stereocenters. The molecule has 0 aromatic carbocycles. The standard InChI is InChI=1S/C23H30O6/c1-13(25)29-19(12-24)23(28)9-7-17-16-5-4-14-10-15(26)6-8-21(14,2)20(16)18(27)11-22(17,23)3/h6,8,10,16-17,19-20,24,28H,4-5,7,9,11-12H2,1-3H3/t16-,17-,19-,20+,21-,22-,23-/m0/s1. The molecule has 0 amide bonds. The summed E-state index contributed by atoms with van der Waals surface area (Å²) in [6.07, 6.45) is 6.96. The van der Waals surface area contributed by atoms with Crippen LogP contribution >= 0.6 is 0 Å². The first-order valence-corrected chi connectivity index (χ1v) is 10.5. The number of ketones is 2. The van der Waals surface area contributed by atoms with Crippen LogP contribution in [-0.2, 0) is 19.1 Å². The number of aliphatic hydroxyl groups excluding tert-OH is 1. The van der Waals surface area contributed by atoms with Crippen LogP contribution in [0, 0.1) is 28.6 Å². The number of hydrogen-bond donors (Lipinski definition) is 2. The lowest BCUT2D eigenvalue weighted by Crippen LogP contribution is -2.62. The molecule has 0 aromatic rings. The van der Waals surface area contributed by atoms with Crippen molar-refractivity contribution in [1.29, 1.82) is 0 Å². The molecule has 2 N–H and O–H groups in total. The van der Waals surface area contributed by atoms with E-state index in [1.807, 2.05) is 13.0 Å². The molecule has 0 saturated heterocycles. The molecule has 0 bridgehead atoms. The van der Waals surface area contributed by atoms with Crippen molar-refractivity contribution in [2.24, 2.45) is 28.6 Å². The first-order valence-electron chi connectivity index (χ1n) is 10.5. The van der Waals surface area contributed by atoms with Crippen LogP contribution < -0.4 is 0 Å². The van der Waals surface area contributed by atoms with E-state index in [2.05, 4.69) is 6.92 Å². The number of hydrogen-bond acceptors (Lipinski definition) is 6. The number of carbonyl (C=O) groups is 3. The summed E-state index contributed by atoms with van der Waals surface area (Å²) >= 11 is 0. The summed E-state index contributed by atoms with van der Waals surface area (Å²) in [5.41, 5.74) is -1.62. The lowest BCUT2D eigenvalue weighted by atomic mass is 9.46. The first kappa shape index (κ1) is 20.5. The molecule has 6 heteroatoms. The molecular formula is C23H30O6. The van der Waals surface area contributed by atoms with Gasteiger partial charge >= 0.3 is 5.97 Å². The fourth-order valence-corrected chi connectivity index (χ4v) is 7.08. The maximum absolute atomic E-state index is 13.5. The zero-order valence-electron chi connectivity index (χ0n) is 17.3. The van der Waals surface area contributed by atoms with E-state index in [0.29, 0.717) is 6.42 Å². The van der Waals surface area contributed by atoms with E-state index in [-0.39, 0.29) is 35.7 Å². The highest BCUT2D eigenvalue weighted by Gasteiger charge is 2.68. The minimum Gasteiger partial charge on any atom is -0.457 e. The van der Waals surface area contributed by atoms with E-state index in [9.17, 15) is 24.6 Å². The minimum atomic E-state index is -1.44. The molecule has 3 saturated carbocycles. The van der Waals surface area contributed by atoms with Crippen LogP contribution in [0.1, 0.15) is 52.9 Å². The maximum atomic E-state index is 13.5. The third kappa shape index (κ3) is 2.72. The Morgan fingerprint density at radius 3 is 2.69 bits per heavy atom. The monoisotopic (exact) mass is 402 g/mol. The summed E-state index contributed by atoms with van der Waals surface area (Å²) in [7, 11) is 0. The summed E-state index contributed by atoms with van der Waals surface area (Å²) in [6.45, 7) is 4.75. The molecule has 0 heterocycles. The Balaban J connectivity index is 1.72.